The van der Waals surface area contributed by atoms with Crippen molar-refractivity contribution in [2.45, 2.75) is 18.7 Å². The molecule has 2 N–H and O–H groups in total. The van der Waals surface area contributed by atoms with Gasteiger partial charge >= 0.3 is 6.18 Å². The van der Waals surface area contributed by atoms with Gasteiger partial charge in [-0.2, -0.15) is 13.2 Å². The molecule has 114 valence electrons. The van der Waals surface area contributed by atoms with E-state index in [1.54, 1.807) is 24.3 Å². The monoisotopic (exact) mass is 336 g/mol. The average Bonchev–Trinajstić information content (AvgIpc) is 2.85. The summed E-state index contributed by atoms with van der Waals surface area (Å²) in [6.45, 7) is 1.51. The van der Waals surface area contributed by atoms with E-state index in [4.69, 9.17) is 11.6 Å². The van der Waals surface area contributed by atoms with E-state index < -0.39 is 17.5 Å². The minimum atomic E-state index is -4.47. The average molecular weight is 337 g/mol. The molecule has 0 saturated carbocycles. The molecule has 0 radical (unpaired) electrons. The summed E-state index contributed by atoms with van der Waals surface area (Å²) < 4.78 is 37.3. The molecule has 1 aromatic heterocycles. The summed E-state index contributed by atoms with van der Waals surface area (Å²) in [4.78, 5) is 3.44. The first-order valence-corrected chi connectivity index (χ1v) is 7.20. The predicted molar refractivity (Wildman–Crippen MR) is 76.6 cm³/mol. The molecular weight excluding hydrogens is 325 g/mol. The maximum Gasteiger partial charge on any atom is 0.434 e. The van der Waals surface area contributed by atoms with E-state index in [0.717, 1.165) is 16.7 Å². The molecule has 0 aliphatic rings. The van der Waals surface area contributed by atoms with Gasteiger partial charge in [0.25, 0.3) is 0 Å². The lowest BCUT2D eigenvalue weighted by Crippen LogP contribution is -2.31. The Kier molecular flexibility index (Phi) is 4.46. The third-order valence-electron chi connectivity index (χ3n) is 2.83. The highest BCUT2D eigenvalue weighted by atomic mass is 35.5. The lowest BCUT2D eigenvalue weighted by Gasteiger charge is -2.25. The molecule has 3 nitrogen and oxygen atoms in total. The summed E-state index contributed by atoms with van der Waals surface area (Å²) >= 11 is 6.84. The number of halogens is 4. The van der Waals surface area contributed by atoms with E-state index in [1.165, 1.54) is 6.92 Å². The number of nitrogens with one attached hydrogen (secondary N) is 1. The van der Waals surface area contributed by atoms with Crippen LogP contribution in [0.3, 0.4) is 0 Å². The molecule has 0 spiro atoms. The predicted octanol–water partition coefficient (Wildman–Crippen LogP) is 4.13. The van der Waals surface area contributed by atoms with Gasteiger partial charge in [0, 0.05) is 22.5 Å². The lowest BCUT2D eigenvalue weighted by atomic mass is 9.96. The molecule has 0 bridgehead atoms. The first kappa shape index (κ1) is 16.1. The second-order valence-electron chi connectivity index (χ2n) is 4.64. The standard InChI is InChI=1S/C13H12ClF3N2OS/c1-12(20,8-4-2-3-5-9(8)14)7-18-11-19-10(6-21-11)13(15,16)17/h2-6,20H,7H2,1H3,(H,18,19). The number of alkyl halides is 3. The second kappa shape index (κ2) is 5.82. The van der Waals surface area contributed by atoms with Gasteiger partial charge < -0.3 is 10.4 Å². The summed E-state index contributed by atoms with van der Waals surface area (Å²) in [5.41, 5.74) is -1.79. The van der Waals surface area contributed by atoms with Crippen LogP contribution in [0.5, 0.6) is 0 Å². The van der Waals surface area contributed by atoms with Gasteiger partial charge in [0.05, 0.1) is 0 Å². The van der Waals surface area contributed by atoms with Crippen molar-refractivity contribution in [1.82, 2.24) is 4.98 Å². The summed E-state index contributed by atoms with van der Waals surface area (Å²) in [5, 5.41) is 14.5. The zero-order valence-electron chi connectivity index (χ0n) is 10.9. The van der Waals surface area contributed by atoms with Crippen molar-refractivity contribution in [1.29, 1.82) is 0 Å². The third-order valence-corrected chi connectivity index (χ3v) is 3.96. The molecule has 0 amide bonds. The summed E-state index contributed by atoms with van der Waals surface area (Å²) in [6, 6.07) is 6.75. The Morgan fingerprint density at radius 3 is 2.57 bits per heavy atom. The normalized spacial score (nSPS) is 14.8. The van der Waals surface area contributed by atoms with Gasteiger partial charge in [-0.3, -0.25) is 0 Å². The fourth-order valence-electron chi connectivity index (χ4n) is 1.73. The number of aromatic nitrogens is 1. The molecule has 1 aromatic carbocycles. The van der Waals surface area contributed by atoms with E-state index in [2.05, 4.69) is 10.3 Å². The van der Waals surface area contributed by atoms with Crippen molar-refractivity contribution in [2.75, 3.05) is 11.9 Å². The molecule has 2 aromatic rings. The number of nitrogens with zero attached hydrogens (tertiary/aromatic N) is 1. The number of benzene rings is 1. The molecule has 0 fully saturated rings. The minimum Gasteiger partial charge on any atom is -0.384 e. The van der Waals surface area contributed by atoms with Gasteiger partial charge in [0.1, 0.15) is 5.60 Å². The minimum absolute atomic E-state index is 0.0124. The van der Waals surface area contributed by atoms with Crippen LogP contribution in [0.1, 0.15) is 18.2 Å². The zero-order chi connectivity index (χ0) is 15.7. The largest absolute Gasteiger partial charge is 0.434 e. The van der Waals surface area contributed by atoms with Crippen molar-refractivity contribution < 1.29 is 18.3 Å². The number of hydrogen-bond acceptors (Lipinski definition) is 4. The summed E-state index contributed by atoms with van der Waals surface area (Å²) in [5.74, 6) is 0. The van der Waals surface area contributed by atoms with Crippen LogP contribution < -0.4 is 5.32 Å². The Morgan fingerprint density at radius 2 is 2.00 bits per heavy atom. The van der Waals surface area contributed by atoms with Gasteiger partial charge in [0.15, 0.2) is 10.8 Å². The molecule has 1 heterocycles. The second-order valence-corrected chi connectivity index (χ2v) is 5.91. The number of anilines is 1. The highest BCUT2D eigenvalue weighted by Gasteiger charge is 2.34. The van der Waals surface area contributed by atoms with Crippen LogP contribution in [-0.4, -0.2) is 16.6 Å². The van der Waals surface area contributed by atoms with Crippen LogP contribution in [0.25, 0.3) is 0 Å². The molecule has 21 heavy (non-hydrogen) atoms. The molecule has 2 rings (SSSR count). The maximum absolute atomic E-state index is 12.4. The lowest BCUT2D eigenvalue weighted by molar-refractivity contribution is -0.140. The Labute approximate surface area is 128 Å². The van der Waals surface area contributed by atoms with Crippen LogP contribution in [0.4, 0.5) is 18.3 Å². The maximum atomic E-state index is 12.4. The topological polar surface area (TPSA) is 45.1 Å². The van der Waals surface area contributed by atoms with Crippen LogP contribution in [0, 0.1) is 0 Å². The van der Waals surface area contributed by atoms with E-state index in [0.29, 0.717) is 10.6 Å². The van der Waals surface area contributed by atoms with Gasteiger partial charge in [-0.25, -0.2) is 4.98 Å². The molecule has 0 saturated heterocycles. The van der Waals surface area contributed by atoms with Gasteiger partial charge in [-0.05, 0) is 13.0 Å². The van der Waals surface area contributed by atoms with Gasteiger partial charge in [-0.1, -0.05) is 29.8 Å². The molecule has 1 atom stereocenters. The van der Waals surface area contributed by atoms with Crippen LogP contribution >= 0.6 is 22.9 Å². The number of hydrogen-bond donors (Lipinski definition) is 2. The molecular formula is C13H12ClF3N2OS. The van der Waals surface area contributed by atoms with Crippen molar-refractivity contribution in [3.63, 3.8) is 0 Å². The van der Waals surface area contributed by atoms with E-state index in [9.17, 15) is 18.3 Å². The zero-order valence-corrected chi connectivity index (χ0v) is 12.5. The van der Waals surface area contributed by atoms with Crippen LogP contribution in [0.2, 0.25) is 5.02 Å². The van der Waals surface area contributed by atoms with Gasteiger partial charge in [0.2, 0.25) is 0 Å². The van der Waals surface area contributed by atoms with Crippen molar-refractivity contribution in [3.05, 3.63) is 45.9 Å². The molecule has 8 heteroatoms. The molecule has 0 aliphatic heterocycles. The Morgan fingerprint density at radius 1 is 1.33 bits per heavy atom. The van der Waals surface area contributed by atoms with Crippen molar-refractivity contribution >= 4 is 28.1 Å². The smallest absolute Gasteiger partial charge is 0.384 e. The first-order valence-electron chi connectivity index (χ1n) is 5.94. The number of thiazole rings is 1. The summed E-state index contributed by atoms with van der Waals surface area (Å²) in [7, 11) is 0. The fourth-order valence-corrected chi connectivity index (χ4v) is 2.78. The van der Waals surface area contributed by atoms with Crippen LogP contribution in [-0.2, 0) is 11.8 Å². The van der Waals surface area contributed by atoms with E-state index in [-0.39, 0.29) is 11.7 Å². The van der Waals surface area contributed by atoms with E-state index >= 15 is 0 Å². The van der Waals surface area contributed by atoms with Crippen molar-refractivity contribution in [3.8, 4) is 0 Å². The first-order chi connectivity index (χ1) is 9.70. The highest BCUT2D eigenvalue weighted by molar-refractivity contribution is 7.13. The van der Waals surface area contributed by atoms with E-state index in [1.807, 2.05) is 0 Å². The third kappa shape index (κ3) is 3.87. The molecule has 1 unspecified atom stereocenters. The Balaban J connectivity index is 2.09. The Hall–Kier alpha value is -1.31. The highest BCUT2D eigenvalue weighted by Crippen LogP contribution is 2.32. The number of rotatable bonds is 4. The van der Waals surface area contributed by atoms with Gasteiger partial charge in [-0.15, -0.1) is 11.3 Å². The van der Waals surface area contributed by atoms with Crippen LogP contribution in [0.15, 0.2) is 29.6 Å². The quantitative estimate of drug-likeness (QED) is 0.882. The SMILES string of the molecule is CC(O)(CNc1nc(C(F)(F)F)cs1)c1ccccc1Cl. The van der Waals surface area contributed by atoms with Crippen molar-refractivity contribution in [2.24, 2.45) is 0 Å². The number of aliphatic hydroxyl groups is 1. The Bertz CT molecular complexity index is 628. The molecule has 0 aliphatic carbocycles. The summed E-state index contributed by atoms with van der Waals surface area (Å²) in [6.07, 6.45) is -4.47. The fraction of sp³-hybridized carbons (Fsp3) is 0.308.